The number of hydrogen-bond donors (Lipinski definition) is 2. The molecule has 0 aliphatic rings. The largest absolute Gasteiger partial charge is 0.325 e. The van der Waals surface area contributed by atoms with Crippen LogP contribution in [0.1, 0.15) is 6.92 Å². The van der Waals surface area contributed by atoms with E-state index < -0.39 is 0 Å². The van der Waals surface area contributed by atoms with Crippen molar-refractivity contribution in [3.63, 3.8) is 0 Å². The number of carbonyl (C=O) groups excluding carboxylic acids is 1. The fraction of sp³-hybridized carbons (Fsp3) is 0.125. The average molecular weight is 325 g/mol. The maximum Gasteiger partial charge on any atom is 0.237 e. The van der Waals surface area contributed by atoms with E-state index in [2.05, 4.69) is 25.5 Å². The fourth-order valence-electron chi connectivity index (χ4n) is 1.91. The molecule has 0 saturated heterocycles. The molecule has 0 aliphatic heterocycles. The number of carbonyl (C=O) groups is 1. The number of aromatic amines is 1. The number of pyridine rings is 1. The first-order chi connectivity index (χ1) is 11.2. The van der Waals surface area contributed by atoms with Gasteiger partial charge in [-0.25, -0.2) is 4.98 Å². The van der Waals surface area contributed by atoms with Gasteiger partial charge in [0.1, 0.15) is 0 Å². The van der Waals surface area contributed by atoms with E-state index in [1.807, 2.05) is 49.4 Å². The van der Waals surface area contributed by atoms with Crippen molar-refractivity contribution in [1.29, 1.82) is 0 Å². The minimum absolute atomic E-state index is 0.0890. The Morgan fingerprint density at radius 2 is 2.04 bits per heavy atom. The van der Waals surface area contributed by atoms with Gasteiger partial charge < -0.3 is 5.32 Å². The van der Waals surface area contributed by atoms with E-state index in [1.54, 1.807) is 12.4 Å². The molecule has 0 spiro atoms. The highest BCUT2D eigenvalue weighted by Gasteiger charge is 2.17. The Labute approximate surface area is 137 Å². The Morgan fingerprint density at radius 1 is 1.22 bits per heavy atom. The molecule has 2 aromatic heterocycles. The van der Waals surface area contributed by atoms with Crippen LogP contribution in [0.4, 0.5) is 5.69 Å². The summed E-state index contributed by atoms with van der Waals surface area (Å²) < 4.78 is 0. The van der Waals surface area contributed by atoms with E-state index in [4.69, 9.17) is 0 Å². The first kappa shape index (κ1) is 15.2. The number of para-hydroxylation sites is 1. The summed E-state index contributed by atoms with van der Waals surface area (Å²) in [6, 6.07) is 13.1. The summed E-state index contributed by atoms with van der Waals surface area (Å²) in [5.41, 5.74) is 1.63. The Bertz CT molecular complexity index is 775. The van der Waals surface area contributed by atoms with Crippen LogP contribution in [0.2, 0.25) is 0 Å². The number of thioether (sulfide) groups is 1. The molecule has 2 N–H and O–H groups in total. The van der Waals surface area contributed by atoms with Gasteiger partial charge in [-0.1, -0.05) is 30.0 Å². The third kappa shape index (κ3) is 3.95. The quantitative estimate of drug-likeness (QED) is 0.705. The molecule has 0 fully saturated rings. The fourth-order valence-corrected chi connectivity index (χ4v) is 2.63. The number of hydrogen-bond acceptors (Lipinski definition) is 5. The van der Waals surface area contributed by atoms with Gasteiger partial charge in [-0.05, 0) is 31.2 Å². The monoisotopic (exact) mass is 325 g/mol. The van der Waals surface area contributed by atoms with Crippen LogP contribution in [0, 0.1) is 0 Å². The molecule has 0 bridgehead atoms. The van der Waals surface area contributed by atoms with Gasteiger partial charge in [0.2, 0.25) is 11.1 Å². The smallest absolute Gasteiger partial charge is 0.237 e. The summed E-state index contributed by atoms with van der Waals surface area (Å²) in [4.78, 5) is 20.6. The molecule has 0 unspecified atom stereocenters. The van der Waals surface area contributed by atoms with Crippen molar-refractivity contribution in [3.8, 4) is 11.4 Å². The van der Waals surface area contributed by atoms with Crippen LogP contribution in [-0.2, 0) is 4.79 Å². The molecular formula is C16H15N5OS. The third-order valence-corrected chi connectivity index (χ3v) is 4.05. The minimum atomic E-state index is -0.312. The molecule has 6 nitrogen and oxygen atoms in total. The van der Waals surface area contributed by atoms with Crippen LogP contribution in [-0.4, -0.2) is 31.3 Å². The van der Waals surface area contributed by atoms with Crippen molar-refractivity contribution < 1.29 is 4.79 Å². The van der Waals surface area contributed by atoms with Crippen LogP contribution >= 0.6 is 11.8 Å². The molecule has 3 rings (SSSR count). The van der Waals surface area contributed by atoms with Gasteiger partial charge in [0, 0.05) is 23.6 Å². The lowest BCUT2D eigenvalue weighted by Gasteiger charge is -2.09. The highest BCUT2D eigenvalue weighted by molar-refractivity contribution is 8.00. The van der Waals surface area contributed by atoms with Gasteiger partial charge in [0.15, 0.2) is 5.82 Å². The van der Waals surface area contributed by atoms with Crippen molar-refractivity contribution in [2.45, 2.75) is 17.3 Å². The average Bonchev–Trinajstić information content (AvgIpc) is 3.05. The number of aromatic nitrogens is 4. The summed E-state index contributed by atoms with van der Waals surface area (Å²) in [6.07, 6.45) is 3.41. The van der Waals surface area contributed by atoms with Crippen LogP contribution < -0.4 is 5.32 Å². The maximum atomic E-state index is 12.2. The van der Waals surface area contributed by atoms with E-state index in [-0.39, 0.29) is 11.2 Å². The van der Waals surface area contributed by atoms with Gasteiger partial charge in [-0.15, -0.1) is 5.10 Å². The number of benzene rings is 1. The van der Waals surface area contributed by atoms with Gasteiger partial charge in [-0.2, -0.15) is 0 Å². The second-order valence-electron chi connectivity index (χ2n) is 4.82. The summed E-state index contributed by atoms with van der Waals surface area (Å²) in [5, 5.41) is 10.1. The number of nitrogens with one attached hydrogen (secondary N) is 2. The Balaban J connectivity index is 1.63. The molecule has 2 heterocycles. The van der Waals surface area contributed by atoms with Crippen molar-refractivity contribution in [2.75, 3.05) is 5.32 Å². The topological polar surface area (TPSA) is 83.6 Å². The van der Waals surface area contributed by atoms with E-state index in [9.17, 15) is 4.79 Å². The van der Waals surface area contributed by atoms with Gasteiger partial charge in [0.25, 0.3) is 0 Å². The minimum Gasteiger partial charge on any atom is -0.325 e. The molecule has 7 heteroatoms. The summed E-state index contributed by atoms with van der Waals surface area (Å²) >= 11 is 1.30. The van der Waals surface area contributed by atoms with Gasteiger partial charge in [-0.3, -0.25) is 14.9 Å². The second-order valence-corrected chi connectivity index (χ2v) is 6.13. The molecule has 3 aromatic rings. The van der Waals surface area contributed by atoms with Crippen molar-refractivity contribution >= 4 is 23.4 Å². The van der Waals surface area contributed by atoms with Crippen molar-refractivity contribution in [2.24, 2.45) is 0 Å². The molecular weight excluding hydrogens is 310 g/mol. The van der Waals surface area contributed by atoms with Gasteiger partial charge >= 0.3 is 0 Å². The lowest BCUT2D eigenvalue weighted by molar-refractivity contribution is -0.115. The van der Waals surface area contributed by atoms with Crippen LogP contribution in [0.25, 0.3) is 11.4 Å². The molecule has 0 radical (unpaired) electrons. The van der Waals surface area contributed by atoms with E-state index in [0.717, 1.165) is 11.3 Å². The second kappa shape index (κ2) is 7.06. The zero-order valence-electron chi connectivity index (χ0n) is 12.4. The Morgan fingerprint density at radius 3 is 2.78 bits per heavy atom. The summed E-state index contributed by atoms with van der Waals surface area (Å²) in [7, 11) is 0. The Kier molecular flexibility index (Phi) is 4.68. The highest BCUT2D eigenvalue weighted by atomic mass is 32.2. The van der Waals surface area contributed by atoms with Crippen LogP contribution in [0.3, 0.4) is 0 Å². The van der Waals surface area contributed by atoms with E-state index in [0.29, 0.717) is 11.0 Å². The van der Waals surface area contributed by atoms with Crippen LogP contribution in [0.15, 0.2) is 60.0 Å². The molecule has 23 heavy (non-hydrogen) atoms. The summed E-state index contributed by atoms with van der Waals surface area (Å²) in [6.45, 7) is 1.82. The Hall–Kier alpha value is -2.67. The summed E-state index contributed by atoms with van der Waals surface area (Å²) in [5.74, 6) is 0.546. The van der Waals surface area contributed by atoms with Gasteiger partial charge in [0.05, 0.1) is 5.25 Å². The number of nitrogens with zero attached hydrogens (tertiary/aromatic N) is 3. The molecule has 116 valence electrons. The number of anilines is 1. The first-order valence-corrected chi connectivity index (χ1v) is 7.96. The molecule has 1 aromatic carbocycles. The number of H-pyrrole nitrogens is 1. The highest BCUT2D eigenvalue weighted by Crippen LogP contribution is 2.23. The molecule has 1 amide bonds. The van der Waals surface area contributed by atoms with Crippen LogP contribution in [0.5, 0.6) is 0 Å². The molecule has 0 aliphatic carbocycles. The lowest BCUT2D eigenvalue weighted by atomic mass is 10.3. The standard InChI is InChI=1S/C16H15N5OS/c1-11(15(22)18-13-7-3-2-4-8-13)23-16-19-14(20-21-16)12-6-5-9-17-10-12/h2-11H,1H3,(H,18,22)(H,19,20,21)/t11-/m1/s1. The molecule has 0 saturated carbocycles. The van der Waals surface area contributed by atoms with Crippen molar-refractivity contribution in [3.05, 3.63) is 54.9 Å². The third-order valence-electron chi connectivity index (χ3n) is 3.09. The van der Waals surface area contributed by atoms with Crippen molar-refractivity contribution in [1.82, 2.24) is 20.2 Å². The number of amides is 1. The predicted molar refractivity (Wildman–Crippen MR) is 90.0 cm³/mol. The molecule has 1 atom stereocenters. The maximum absolute atomic E-state index is 12.2. The zero-order chi connectivity index (χ0) is 16.1. The SMILES string of the molecule is C[C@@H](Sc1n[nH]c(-c2cccnc2)n1)C(=O)Nc1ccccc1. The normalized spacial score (nSPS) is 11.9. The number of rotatable bonds is 5. The van der Waals surface area contributed by atoms with E-state index in [1.165, 1.54) is 11.8 Å². The predicted octanol–water partition coefficient (Wildman–Crippen LogP) is 2.99. The lowest BCUT2D eigenvalue weighted by Crippen LogP contribution is -2.22. The first-order valence-electron chi connectivity index (χ1n) is 7.08. The van der Waals surface area contributed by atoms with E-state index >= 15 is 0 Å². The zero-order valence-corrected chi connectivity index (χ0v) is 13.2.